The normalized spacial score (nSPS) is 24.6. The van der Waals surface area contributed by atoms with Crippen molar-refractivity contribution in [3.63, 3.8) is 0 Å². The van der Waals surface area contributed by atoms with E-state index in [1.807, 2.05) is 0 Å². The van der Waals surface area contributed by atoms with E-state index in [-0.39, 0.29) is 27.4 Å². The lowest BCUT2D eigenvalue weighted by Gasteiger charge is -2.23. The molecule has 30 heavy (non-hydrogen) atoms. The fourth-order valence-corrected chi connectivity index (χ4v) is 4.86. The lowest BCUT2D eigenvalue weighted by Crippen LogP contribution is -2.34. The van der Waals surface area contributed by atoms with Gasteiger partial charge in [0.2, 0.25) is 5.89 Å². The summed E-state index contributed by atoms with van der Waals surface area (Å²) in [6.07, 6.45) is 0.0129. The van der Waals surface area contributed by atoms with Crippen LogP contribution in [0.3, 0.4) is 0 Å². The molecule has 2 heterocycles. The van der Waals surface area contributed by atoms with Gasteiger partial charge >= 0.3 is 6.18 Å². The maximum absolute atomic E-state index is 13.3. The highest BCUT2D eigenvalue weighted by atomic mass is 32.2. The van der Waals surface area contributed by atoms with Crippen LogP contribution in [0.2, 0.25) is 0 Å². The molecule has 1 aromatic heterocycles. The molecular weight excluding hydrogens is 421 g/mol. The first-order valence-electron chi connectivity index (χ1n) is 9.51. The number of sulfone groups is 1. The molecule has 1 aromatic carbocycles. The zero-order valence-corrected chi connectivity index (χ0v) is 17.3. The number of likely N-dealkylation sites (tertiary alicyclic amines) is 1. The quantitative estimate of drug-likeness (QED) is 0.710. The van der Waals surface area contributed by atoms with Crippen LogP contribution in [0.5, 0.6) is 0 Å². The second kappa shape index (κ2) is 6.83. The van der Waals surface area contributed by atoms with E-state index in [4.69, 9.17) is 4.42 Å². The van der Waals surface area contributed by atoms with Gasteiger partial charge < -0.3 is 9.32 Å². The van der Waals surface area contributed by atoms with Crippen molar-refractivity contribution in [2.45, 2.75) is 36.3 Å². The smallest absolute Gasteiger partial charge is 0.391 e. The Morgan fingerprint density at radius 3 is 2.73 bits per heavy atom. The number of hydrogen-bond acceptors (Lipinski definition) is 5. The molecule has 0 spiro atoms. The fraction of sp³-hybridized carbons (Fsp3) is 0.500. The van der Waals surface area contributed by atoms with Crippen molar-refractivity contribution >= 4 is 15.7 Å². The molecule has 1 aliphatic carbocycles. The number of alkyl halides is 3. The number of rotatable bonds is 5. The number of piperidine rings is 1. The maximum atomic E-state index is 13.3. The lowest BCUT2D eigenvalue weighted by atomic mass is 9.95. The number of carbonyl (C=O) groups is 1. The van der Waals surface area contributed by atoms with Gasteiger partial charge in [-0.1, -0.05) is 13.0 Å². The first kappa shape index (κ1) is 20.9. The fourth-order valence-electron chi connectivity index (χ4n) is 4.22. The van der Waals surface area contributed by atoms with Crippen LogP contribution in [0.4, 0.5) is 13.2 Å². The zero-order chi connectivity index (χ0) is 21.9. The number of halogens is 3. The van der Waals surface area contributed by atoms with E-state index in [1.165, 1.54) is 30.7 Å². The van der Waals surface area contributed by atoms with Gasteiger partial charge in [-0.15, -0.1) is 0 Å². The number of hydrogen-bond donors (Lipinski definition) is 0. The van der Waals surface area contributed by atoms with Gasteiger partial charge in [-0.2, -0.15) is 13.2 Å². The van der Waals surface area contributed by atoms with Gasteiger partial charge in [-0.3, -0.25) is 4.79 Å². The minimum atomic E-state index is -4.42. The monoisotopic (exact) mass is 442 g/mol. The van der Waals surface area contributed by atoms with Crippen molar-refractivity contribution in [2.24, 2.45) is 11.8 Å². The van der Waals surface area contributed by atoms with Gasteiger partial charge in [0.1, 0.15) is 6.26 Å². The van der Waals surface area contributed by atoms with Crippen LogP contribution in [0.15, 0.2) is 40.0 Å². The number of carbonyl (C=O) groups excluding carboxylic acids is 1. The Kier molecular flexibility index (Phi) is 4.76. The highest BCUT2D eigenvalue weighted by Gasteiger charge is 2.64. The van der Waals surface area contributed by atoms with E-state index in [1.54, 1.807) is 4.90 Å². The van der Waals surface area contributed by atoms with Crippen molar-refractivity contribution in [1.82, 2.24) is 9.88 Å². The van der Waals surface area contributed by atoms with E-state index < -0.39 is 34.3 Å². The summed E-state index contributed by atoms with van der Waals surface area (Å²) >= 11 is 0. The molecule has 1 saturated heterocycles. The van der Waals surface area contributed by atoms with Crippen LogP contribution >= 0.6 is 0 Å². The van der Waals surface area contributed by atoms with E-state index in [0.717, 1.165) is 19.6 Å². The third kappa shape index (κ3) is 3.61. The lowest BCUT2D eigenvalue weighted by molar-refractivity contribution is -0.169. The number of nitrogens with zero attached hydrogens (tertiary/aromatic N) is 2. The highest BCUT2D eigenvalue weighted by molar-refractivity contribution is 7.90. The summed E-state index contributed by atoms with van der Waals surface area (Å²) in [5, 5.41) is 0. The summed E-state index contributed by atoms with van der Waals surface area (Å²) in [7, 11) is -3.62. The number of amides is 1. The van der Waals surface area contributed by atoms with Gasteiger partial charge in [0.15, 0.2) is 9.84 Å². The molecule has 2 aliphatic rings. The van der Waals surface area contributed by atoms with Crippen molar-refractivity contribution in [2.75, 3.05) is 19.3 Å². The van der Waals surface area contributed by atoms with Gasteiger partial charge in [0, 0.05) is 24.9 Å². The predicted octanol–water partition coefficient (Wildman–Crippen LogP) is 3.23. The maximum Gasteiger partial charge on any atom is 0.391 e. The van der Waals surface area contributed by atoms with Gasteiger partial charge in [-0.25, -0.2) is 13.4 Å². The molecule has 162 valence electrons. The molecule has 3 atom stereocenters. The summed E-state index contributed by atoms with van der Waals surface area (Å²) < 4.78 is 68.6. The molecule has 6 nitrogen and oxygen atoms in total. The third-order valence-electron chi connectivity index (χ3n) is 6.12. The van der Waals surface area contributed by atoms with E-state index >= 15 is 0 Å². The largest absolute Gasteiger partial charge is 0.448 e. The minimum absolute atomic E-state index is 0.00196. The molecule has 4 rings (SSSR count). The summed E-state index contributed by atoms with van der Waals surface area (Å²) in [6.45, 7) is 1.81. The van der Waals surface area contributed by atoms with E-state index in [0.29, 0.717) is 19.0 Å². The van der Waals surface area contributed by atoms with Crippen molar-refractivity contribution in [3.8, 4) is 0 Å². The van der Waals surface area contributed by atoms with Crippen LogP contribution in [-0.2, 0) is 21.7 Å². The van der Waals surface area contributed by atoms with Crippen molar-refractivity contribution in [3.05, 3.63) is 47.7 Å². The standard InChI is InChI=1S/C20H21F3N2O4S/c1-12(20(21,22)23)7-13-3-4-15(30(2,27)28)8-16(13)17(26)25-10-14-9-19(14,11-25)18-24-5-6-29-18/h3-6,8,12,14H,7,9-11H2,1-2H3. The van der Waals surface area contributed by atoms with Crippen molar-refractivity contribution in [1.29, 1.82) is 0 Å². The molecule has 0 bridgehead atoms. The summed E-state index contributed by atoms with van der Waals surface area (Å²) in [5.74, 6) is -1.41. The van der Waals surface area contributed by atoms with E-state index in [9.17, 15) is 26.4 Å². The molecule has 3 unspecified atom stereocenters. The minimum Gasteiger partial charge on any atom is -0.448 e. The Balaban J connectivity index is 1.65. The molecule has 2 aromatic rings. The van der Waals surface area contributed by atoms with Gasteiger partial charge in [0.25, 0.3) is 5.91 Å². The summed E-state index contributed by atoms with van der Waals surface area (Å²) in [4.78, 5) is 18.9. The van der Waals surface area contributed by atoms with Crippen LogP contribution in [0.25, 0.3) is 0 Å². The summed E-state index contributed by atoms with van der Waals surface area (Å²) in [6, 6.07) is 3.75. The summed E-state index contributed by atoms with van der Waals surface area (Å²) in [5.41, 5.74) is -0.173. The number of oxazole rings is 1. The van der Waals surface area contributed by atoms with Gasteiger partial charge in [0.05, 0.1) is 22.4 Å². The Morgan fingerprint density at radius 1 is 1.40 bits per heavy atom. The molecule has 1 amide bonds. The molecule has 10 heteroatoms. The van der Waals surface area contributed by atoms with Crippen LogP contribution < -0.4 is 0 Å². The molecule has 0 N–H and O–H groups in total. The SMILES string of the molecule is CC(Cc1ccc(S(C)(=O)=O)cc1C(=O)N1CC2CC2(c2ncco2)C1)C(F)(F)F. The molecule has 0 radical (unpaired) electrons. The first-order chi connectivity index (χ1) is 13.9. The number of aromatic nitrogens is 1. The van der Waals surface area contributed by atoms with Crippen molar-refractivity contribution < 1.29 is 30.8 Å². The average Bonchev–Trinajstić information content (AvgIpc) is 3.03. The first-order valence-corrected chi connectivity index (χ1v) is 11.4. The topological polar surface area (TPSA) is 80.5 Å². The molecule has 1 saturated carbocycles. The Morgan fingerprint density at radius 2 is 2.13 bits per heavy atom. The van der Waals surface area contributed by atoms with Crippen LogP contribution in [0, 0.1) is 11.8 Å². The third-order valence-corrected chi connectivity index (χ3v) is 7.23. The van der Waals surface area contributed by atoms with E-state index in [2.05, 4.69) is 4.98 Å². The van der Waals surface area contributed by atoms with Crippen LogP contribution in [-0.4, -0.2) is 49.7 Å². The second-order valence-corrected chi connectivity index (χ2v) is 10.3. The highest BCUT2D eigenvalue weighted by Crippen LogP contribution is 2.58. The molecule has 1 aliphatic heterocycles. The van der Waals surface area contributed by atoms with Crippen LogP contribution in [0.1, 0.15) is 35.2 Å². The Hall–Kier alpha value is -2.36. The Bertz CT molecular complexity index is 1080. The zero-order valence-electron chi connectivity index (χ0n) is 16.4. The predicted molar refractivity (Wildman–Crippen MR) is 101 cm³/mol. The number of benzene rings is 1. The van der Waals surface area contributed by atoms with Gasteiger partial charge in [-0.05, 0) is 36.5 Å². The molecular formula is C20H21F3N2O4S. The number of fused-ring (bicyclic) bond motifs is 1. The second-order valence-electron chi connectivity index (χ2n) is 8.32. The Labute approximate surface area is 172 Å². The average molecular weight is 442 g/mol. The molecule has 2 fully saturated rings.